The molecule has 7 heteroatoms. The van der Waals surface area contributed by atoms with Crippen molar-refractivity contribution in [2.45, 2.75) is 19.4 Å². The molecule has 0 saturated heterocycles. The first kappa shape index (κ1) is 12.8. The molecule has 0 aliphatic heterocycles. The van der Waals surface area contributed by atoms with Crippen molar-refractivity contribution in [3.05, 3.63) is 34.2 Å². The van der Waals surface area contributed by atoms with Gasteiger partial charge in [-0.15, -0.1) is 0 Å². The van der Waals surface area contributed by atoms with Crippen LogP contribution in [0.3, 0.4) is 0 Å². The lowest BCUT2D eigenvalue weighted by molar-refractivity contribution is 0.0925. The number of nitrogens with one attached hydrogen (secondary N) is 2. The molecule has 0 fully saturated rings. The second-order valence-corrected chi connectivity index (χ2v) is 3.99. The van der Waals surface area contributed by atoms with Gasteiger partial charge in [-0.25, -0.2) is 0 Å². The lowest BCUT2D eigenvalue weighted by Crippen LogP contribution is -2.53. The summed E-state index contributed by atoms with van der Waals surface area (Å²) in [6, 6.07) is 4.22. The average molecular weight is 238 g/mol. The van der Waals surface area contributed by atoms with Gasteiger partial charge in [0.2, 0.25) is 5.56 Å². The number of oxime groups is 1. The molecule has 5 N–H and O–H groups in total. The number of H-pyrrole nitrogens is 1. The van der Waals surface area contributed by atoms with E-state index in [-0.39, 0.29) is 17.1 Å². The van der Waals surface area contributed by atoms with E-state index in [1.807, 2.05) is 0 Å². The fourth-order valence-electron chi connectivity index (χ4n) is 1.12. The predicted molar refractivity (Wildman–Crippen MR) is 62.0 cm³/mol. The molecular formula is C10H14N4O3. The maximum Gasteiger partial charge on any atom is 0.268 e. The van der Waals surface area contributed by atoms with Gasteiger partial charge in [-0.05, 0) is 19.9 Å². The van der Waals surface area contributed by atoms with E-state index in [1.165, 1.54) is 18.2 Å². The Kier molecular flexibility index (Phi) is 3.52. The summed E-state index contributed by atoms with van der Waals surface area (Å²) in [6.07, 6.45) is 0. The van der Waals surface area contributed by atoms with Gasteiger partial charge in [-0.1, -0.05) is 11.2 Å². The van der Waals surface area contributed by atoms with Gasteiger partial charge in [-0.2, -0.15) is 0 Å². The number of nitrogens with two attached hydrogens (primary N) is 1. The van der Waals surface area contributed by atoms with Crippen LogP contribution < -0.4 is 16.6 Å². The van der Waals surface area contributed by atoms with Gasteiger partial charge >= 0.3 is 0 Å². The number of amides is 1. The summed E-state index contributed by atoms with van der Waals surface area (Å²) in [6.45, 7) is 3.14. The molecule has 0 aliphatic carbocycles. The van der Waals surface area contributed by atoms with Crippen LogP contribution in [-0.2, 0) is 0 Å². The monoisotopic (exact) mass is 238 g/mol. The Morgan fingerprint density at radius 2 is 2.18 bits per heavy atom. The summed E-state index contributed by atoms with van der Waals surface area (Å²) >= 11 is 0. The lowest BCUT2D eigenvalue weighted by Gasteiger charge is -2.24. The van der Waals surface area contributed by atoms with Gasteiger partial charge in [0.05, 0.1) is 5.54 Å². The van der Waals surface area contributed by atoms with Crippen LogP contribution >= 0.6 is 0 Å². The molecule has 17 heavy (non-hydrogen) atoms. The van der Waals surface area contributed by atoms with E-state index in [1.54, 1.807) is 13.8 Å². The first-order valence-corrected chi connectivity index (χ1v) is 4.86. The van der Waals surface area contributed by atoms with Gasteiger partial charge in [0.1, 0.15) is 5.69 Å². The quantitative estimate of drug-likeness (QED) is 0.248. The van der Waals surface area contributed by atoms with Crippen LogP contribution in [0, 0.1) is 0 Å². The highest BCUT2D eigenvalue weighted by molar-refractivity contribution is 5.98. The Balaban J connectivity index is 2.90. The van der Waals surface area contributed by atoms with Crippen molar-refractivity contribution >= 4 is 11.7 Å². The lowest BCUT2D eigenvalue weighted by atomic mass is 10.0. The second kappa shape index (κ2) is 4.69. The topological polar surface area (TPSA) is 121 Å². The zero-order chi connectivity index (χ0) is 13.1. The third-order valence-corrected chi connectivity index (χ3v) is 2.19. The molecular weight excluding hydrogens is 224 g/mol. The van der Waals surface area contributed by atoms with Gasteiger partial charge in [0.25, 0.3) is 5.91 Å². The first-order valence-electron chi connectivity index (χ1n) is 4.86. The number of hydrogen-bond donors (Lipinski definition) is 4. The number of aromatic nitrogens is 1. The van der Waals surface area contributed by atoms with Crippen molar-refractivity contribution in [2.24, 2.45) is 10.9 Å². The van der Waals surface area contributed by atoms with Crippen molar-refractivity contribution in [1.82, 2.24) is 10.3 Å². The molecule has 1 heterocycles. The minimum Gasteiger partial charge on any atom is -0.409 e. The molecule has 1 aromatic heterocycles. The minimum absolute atomic E-state index is 0.108. The van der Waals surface area contributed by atoms with Gasteiger partial charge in [0, 0.05) is 6.07 Å². The third kappa shape index (κ3) is 3.07. The number of carbonyl (C=O) groups excluding carboxylic acids is 1. The van der Waals surface area contributed by atoms with Crippen LogP contribution in [0.25, 0.3) is 0 Å². The molecule has 0 spiro atoms. The molecule has 0 bridgehead atoms. The van der Waals surface area contributed by atoms with Crippen LogP contribution in [0.5, 0.6) is 0 Å². The van der Waals surface area contributed by atoms with E-state index >= 15 is 0 Å². The molecule has 92 valence electrons. The van der Waals surface area contributed by atoms with Crippen LogP contribution in [0.15, 0.2) is 28.1 Å². The molecule has 0 atom stereocenters. The van der Waals surface area contributed by atoms with Crippen molar-refractivity contribution < 1.29 is 10.0 Å². The second-order valence-electron chi connectivity index (χ2n) is 3.99. The Bertz CT molecular complexity index is 504. The molecule has 0 aromatic carbocycles. The molecule has 7 nitrogen and oxygen atoms in total. The van der Waals surface area contributed by atoms with E-state index in [0.29, 0.717) is 0 Å². The molecule has 0 saturated carbocycles. The standard InChI is InChI=1S/C10H14N4O3/c1-10(2,9(11)14-17)13-8(16)6-4-3-5-7(15)12-6/h3-5,17H,1-2H3,(H2,11,14)(H,12,15)(H,13,16). The number of pyridine rings is 1. The Labute approximate surface area is 97.3 Å². The van der Waals surface area contributed by atoms with E-state index in [0.717, 1.165) is 0 Å². The fraction of sp³-hybridized carbons (Fsp3) is 0.300. The molecule has 0 aliphatic rings. The van der Waals surface area contributed by atoms with E-state index < -0.39 is 11.4 Å². The van der Waals surface area contributed by atoms with Gasteiger partial charge < -0.3 is 21.2 Å². The van der Waals surface area contributed by atoms with E-state index in [2.05, 4.69) is 15.5 Å². The summed E-state index contributed by atoms with van der Waals surface area (Å²) in [4.78, 5) is 25.2. The normalized spacial score (nSPS) is 12.2. The van der Waals surface area contributed by atoms with Crippen LogP contribution in [0.4, 0.5) is 0 Å². The van der Waals surface area contributed by atoms with Gasteiger partial charge in [-0.3, -0.25) is 9.59 Å². The molecule has 0 unspecified atom stereocenters. The highest BCUT2D eigenvalue weighted by Gasteiger charge is 2.26. The first-order chi connectivity index (χ1) is 7.86. The predicted octanol–water partition coefficient (Wildman–Crippen LogP) is -0.370. The SMILES string of the molecule is CC(C)(NC(=O)c1cccc(=O)[nH]1)/C(N)=N/O. The third-order valence-electron chi connectivity index (χ3n) is 2.19. The van der Waals surface area contributed by atoms with Crippen molar-refractivity contribution in [3.8, 4) is 0 Å². The van der Waals surface area contributed by atoms with E-state index in [9.17, 15) is 9.59 Å². The Morgan fingerprint density at radius 3 is 2.71 bits per heavy atom. The van der Waals surface area contributed by atoms with Crippen LogP contribution in [-0.4, -0.2) is 27.5 Å². The number of aromatic amines is 1. The Hall–Kier alpha value is -2.31. The summed E-state index contributed by atoms with van der Waals surface area (Å²) in [5.74, 6) is -0.650. The molecule has 1 rings (SSSR count). The van der Waals surface area contributed by atoms with Crippen LogP contribution in [0.2, 0.25) is 0 Å². The summed E-state index contributed by atoms with van der Waals surface area (Å²) in [5.41, 5.74) is 4.14. The highest BCUT2D eigenvalue weighted by atomic mass is 16.4. The zero-order valence-electron chi connectivity index (χ0n) is 9.52. The number of rotatable bonds is 3. The maximum atomic E-state index is 11.8. The maximum absolute atomic E-state index is 11.8. The smallest absolute Gasteiger partial charge is 0.268 e. The molecule has 0 radical (unpaired) electrons. The number of amidine groups is 1. The highest BCUT2D eigenvalue weighted by Crippen LogP contribution is 2.03. The van der Waals surface area contributed by atoms with Gasteiger partial charge in [0.15, 0.2) is 5.84 Å². The fourth-order valence-corrected chi connectivity index (χ4v) is 1.12. The summed E-state index contributed by atoms with van der Waals surface area (Å²) in [7, 11) is 0. The van der Waals surface area contributed by atoms with E-state index in [4.69, 9.17) is 10.9 Å². The Morgan fingerprint density at radius 1 is 1.53 bits per heavy atom. The number of hydrogen-bond acceptors (Lipinski definition) is 4. The average Bonchev–Trinajstić information content (AvgIpc) is 2.27. The molecule has 1 amide bonds. The molecule has 1 aromatic rings. The van der Waals surface area contributed by atoms with Crippen LogP contribution in [0.1, 0.15) is 24.3 Å². The summed E-state index contributed by atoms with van der Waals surface area (Å²) in [5, 5.41) is 13.9. The van der Waals surface area contributed by atoms with Crippen molar-refractivity contribution in [3.63, 3.8) is 0 Å². The number of carbonyl (C=O) groups is 1. The van der Waals surface area contributed by atoms with Crippen molar-refractivity contribution in [2.75, 3.05) is 0 Å². The largest absolute Gasteiger partial charge is 0.409 e. The summed E-state index contributed by atoms with van der Waals surface area (Å²) < 4.78 is 0. The number of nitrogens with zero attached hydrogens (tertiary/aromatic N) is 1. The van der Waals surface area contributed by atoms with Crippen molar-refractivity contribution in [1.29, 1.82) is 0 Å². The minimum atomic E-state index is -1.02. The zero-order valence-corrected chi connectivity index (χ0v) is 9.52.